The van der Waals surface area contributed by atoms with Crippen molar-refractivity contribution in [2.45, 2.75) is 88.5 Å². The van der Waals surface area contributed by atoms with Crippen LogP contribution in [-0.4, -0.2) is 82.8 Å². The molecule has 0 aliphatic carbocycles. The van der Waals surface area contributed by atoms with E-state index in [-0.39, 0.29) is 30.9 Å². The molecule has 0 saturated carbocycles. The normalized spacial score (nSPS) is 13.0. The lowest BCUT2D eigenvalue weighted by atomic mass is 9.84. The highest BCUT2D eigenvalue weighted by molar-refractivity contribution is 8.00. The fourth-order valence-corrected chi connectivity index (χ4v) is 7.78. The summed E-state index contributed by atoms with van der Waals surface area (Å²) < 4.78 is 15.1. The van der Waals surface area contributed by atoms with Crippen LogP contribution < -0.4 is 31.7 Å². The Kier molecular flexibility index (Phi) is 16.9. The standard InChI is InChI=1S/C46H55N5O10S/c1-44(2,3)60-41(56)48-27-26-35(50-42(57)59-34-24-22-30(23-25-34)28-36(40(54)55)51-43(58)61-45(4,5)6)39(53)49-37(38(47)52)29-62-46(31-16-10-7-11-17-31,32-18-12-8-13-19-32)33-20-14-9-15-21-33/h7-25,35-37H,26-29H2,1-6H3,(H2,47,52)(H,48,56)(H,49,53)(H,50,57)(H,51,58)(H,54,55). The van der Waals surface area contributed by atoms with Crippen molar-refractivity contribution < 1.29 is 48.1 Å². The lowest BCUT2D eigenvalue weighted by Gasteiger charge is -2.36. The van der Waals surface area contributed by atoms with E-state index in [2.05, 4.69) is 21.3 Å². The van der Waals surface area contributed by atoms with Crippen LogP contribution in [0.25, 0.3) is 0 Å². The van der Waals surface area contributed by atoms with E-state index in [0.717, 1.165) is 16.7 Å². The molecule has 0 radical (unpaired) electrons. The molecule has 15 nitrogen and oxygen atoms in total. The van der Waals surface area contributed by atoms with Crippen LogP contribution in [0.3, 0.4) is 0 Å². The Bertz CT molecular complexity index is 2030. The molecule has 7 N–H and O–H groups in total. The lowest BCUT2D eigenvalue weighted by molar-refractivity contribution is -0.139. The lowest BCUT2D eigenvalue weighted by Crippen LogP contribution is -2.55. The summed E-state index contributed by atoms with van der Waals surface area (Å²) in [5.74, 6) is -2.78. The largest absolute Gasteiger partial charge is 0.480 e. The van der Waals surface area contributed by atoms with Gasteiger partial charge in [0.1, 0.15) is 35.1 Å². The van der Waals surface area contributed by atoms with Crippen LogP contribution in [-0.2, 0) is 35.0 Å². The number of carboxylic acids is 1. The number of carbonyl (C=O) groups excluding carboxylic acids is 5. The fraction of sp³-hybridized carbons (Fsp3) is 0.348. The summed E-state index contributed by atoms with van der Waals surface area (Å²) in [6.45, 7) is 9.94. The topological polar surface area (TPSA) is 224 Å². The van der Waals surface area contributed by atoms with E-state index in [1.807, 2.05) is 91.0 Å². The smallest absolute Gasteiger partial charge is 0.413 e. The van der Waals surface area contributed by atoms with Crippen molar-refractivity contribution in [1.82, 2.24) is 21.3 Å². The van der Waals surface area contributed by atoms with Crippen molar-refractivity contribution in [3.8, 4) is 5.75 Å². The van der Waals surface area contributed by atoms with E-state index < -0.39 is 70.1 Å². The summed E-state index contributed by atoms with van der Waals surface area (Å²) in [7, 11) is 0. The van der Waals surface area contributed by atoms with Gasteiger partial charge in [0.15, 0.2) is 0 Å². The number of nitrogens with one attached hydrogen (secondary N) is 4. The first-order valence-corrected chi connectivity index (χ1v) is 20.9. The van der Waals surface area contributed by atoms with Crippen LogP contribution in [0.4, 0.5) is 14.4 Å². The number of hydrogen-bond acceptors (Lipinski definition) is 10. The van der Waals surface area contributed by atoms with Crippen molar-refractivity contribution in [3.05, 3.63) is 138 Å². The summed E-state index contributed by atoms with van der Waals surface area (Å²) in [4.78, 5) is 76.9. The Morgan fingerprint density at radius 1 is 0.613 bits per heavy atom. The monoisotopic (exact) mass is 869 g/mol. The number of ether oxygens (including phenoxy) is 3. The number of nitrogens with two attached hydrogens (primary N) is 1. The van der Waals surface area contributed by atoms with E-state index in [1.165, 1.54) is 36.0 Å². The predicted octanol–water partition coefficient (Wildman–Crippen LogP) is 6.27. The third kappa shape index (κ3) is 14.9. The van der Waals surface area contributed by atoms with Crippen LogP contribution in [0.1, 0.15) is 70.2 Å². The average molecular weight is 870 g/mol. The van der Waals surface area contributed by atoms with Gasteiger partial charge in [-0.1, -0.05) is 103 Å². The summed E-state index contributed by atoms with van der Waals surface area (Å²) in [5.41, 5.74) is 7.60. The number of benzene rings is 4. The zero-order chi connectivity index (χ0) is 45.5. The van der Waals surface area contributed by atoms with Gasteiger partial charge >= 0.3 is 24.2 Å². The first-order chi connectivity index (χ1) is 29.3. The van der Waals surface area contributed by atoms with Gasteiger partial charge in [-0.15, -0.1) is 11.8 Å². The molecule has 0 aliphatic heterocycles. The van der Waals surface area contributed by atoms with Gasteiger partial charge in [-0.25, -0.2) is 19.2 Å². The zero-order valence-electron chi connectivity index (χ0n) is 35.6. The Morgan fingerprint density at radius 3 is 1.53 bits per heavy atom. The molecule has 4 rings (SSSR count). The molecule has 5 amide bonds. The highest BCUT2D eigenvalue weighted by atomic mass is 32.2. The molecule has 3 unspecified atom stereocenters. The summed E-state index contributed by atoms with van der Waals surface area (Å²) >= 11 is 1.41. The number of aliphatic carboxylic acids is 1. The predicted molar refractivity (Wildman–Crippen MR) is 236 cm³/mol. The SMILES string of the molecule is CC(C)(C)OC(=O)NCCC(NC(=O)Oc1ccc(CC(NC(=O)OC(C)(C)C)C(=O)O)cc1)C(=O)NC(CSC(c1ccccc1)(c1ccccc1)c1ccccc1)C(N)=O. The number of hydrogen-bond donors (Lipinski definition) is 6. The highest BCUT2D eigenvalue weighted by Crippen LogP contribution is 2.48. The molecule has 0 aromatic heterocycles. The summed E-state index contributed by atoms with van der Waals surface area (Å²) in [5, 5.41) is 19.8. The minimum absolute atomic E-state index is 0.0233. The molecule has 62 heavy (non-hydrogen) atoms. The zero-order valence-corrected chi connectivity index (χ0v) is 36.5. The number of carbonyl (C=O) groups is 6. The van der Waals surface area contributed by atoms with Crippen LogP contribution in [0, 0.1) is 0 Å². The minimum atomic E-state index is -1.33. The van der Waals surface area contributed by atoms with E-state index in [4.69, 9.17) is 19.9 Å². The number of thioether (sulfide) groups is 1. The van der Waals surface area contributed by atoms with Crippen LogP contribution in [0.5, 0.6) is 5.75 Å². The molecule has 0 heterocycles. The molecule has 4 aromatic carbocycles. The van der Waals surface area contributed by atoms with E-state index >= 15 is 0 Å². The molecular weight excluding hydrogens is 815 g/mol. The van der Waals surface area contributed by atoms with Crippen LogP contribution in [0.15, 0.2) is 115 Å². The molecule has 0 saturated heterocycles. The molecule has 0 aliphatic rings. The van der Waals surface area contributed by atoms with E-state index in [9.17, 15) is 33.9 Å². The van der Waals surface area contributed by atoms with Gasteiger partial charge in [-0.3, -0.25) is 9.59 Å². The number of amides is 5. The maximum absolute atomic E-state index is 14.0. The third-order valence-electron chi connectivity index (χ3n) is 8.94. The number of alkyl carbamates (subject to hydrolysis) is 2. The summed E-state index contributed by atoms with van der Waals surface area (Å²) in [6, 6.07) is 31.3. The minimum Gasteiger partial charge on any atom is -0.480 e. The van der Waals surface area contributed by atoms with Crippen molar-refractivity contribution in [3.63, 3.8) is 0 Å². The maximum atomic E-state index is 14.0. The molecule has 0 bridgehead atoms. The van der Waals surface area contributed by atoms with Crippen LogP contribution >= 0.6 is 11.8 Å². The number of rotatable bonds is 18. The van der Waals surface area contributed by atoms with Gasteiger partial charge in [0, 0.05) is 18.7 Å². The molecule has 3 atom stereocenters. The maximum Gasteiger partial charge on any atom is 0.413 e. The molecule has 330 valence electrons. The van der Waals surface area contributed by atoms with Crippen molar-refractivity contribution in [1.29, 1.82) is 0 Å². The number of carboxylic acid groups (broad SMARTS) is 1. The quantitative estimate of drug-likeness (QED) is 0.0611. The Balaban J connectivity index is 1.53. The van der Waals surface area contributed by atoms with Gasteiger partial charge in [0.25, 0.3) is 0 Å². The summed E-state index contributed by atoms with van der Waals surface area (Å²) in [6.07, 6.45) is -2.90. The second-order valence-electron chi connectivity index (χ2n) is 16.2. The molecular formula is C46H55N5O10S. The molecule has 16 heteroatoms. The Labute approximate surface area is 365 Å². The molecule has 0 fully saturated rings. The van der Waals surface area contributed by atoms with Crippen molar-refractivity contribution in [2.24, 2.45) is 5.73 Å². The Morgan fingerprint density at radius 2 is 1.08 bits per heavy atom. The molecule has 0 spiro atoms. The van der Waals surface area contributed by atoms with Gasteiger partial charge < -0.3 is 46.3 Å². The van der Waals surface area contributed by atoms with Gasteiger partial charge in [-0.05, 0) is 82.3 Å². The highest BCUT2D eigenvalue weighted by Gasteiger charge is 2.39. The third-order valence-corrected chi connectivity index (χ3v) is 10.6. The van der Waals surface area contributed by atoms with E-state index in [0.29, 0.717) is 5.56 Å². The Hall–Kier alpha value is -6.55. The van der Waals surface area contributed by atoms with E-state index in [1.54, 1.807) is 41.5 Å². The first kappa shape index (κ1) is 48.1. The van der Waals surface area contributed by atoms with Crippen molar-refractivity contribution >= 4 is 47.8 Å². The first-order valence-electron chi connectivity index (χ1n) is 19.9. The average Bonchev–Trinajstić information content (AvgIpc) is 3.20. The second kappa shape index (κ2) is 21.8. The van der Waals surface area contributed by atoms with Gasteiger partial charge in [0.2, 0.25) is 11.8 Å². The molecule has 4 aromatic rings. The van der Waals surface area contributed by atoms with Gasteiger partial charge in [-0.2, -0.15) is 0 Å². The van der Waals surface area contributed by atoms with Crippen LogP contribution in [0.2, 0.25) is 0 Å². The second-order valence-corrected chi connectivity index (χ2v) is 17.5. The number of primary amides is 1. The van der Waals surface area contributed by atoms with Gasteiger partial charge in [0.05, 0.1) is 4.75 Å². The fourth-order valence-electron chi connectivity index (χ4n) is 6.20. The van der Waals surface area contributed by atoms with Crippen molar-refractivity contribution in [2.75, 3.05) is 12.3 Å².